The van der Waals surface area contributed by atoms with Gasteiger partial charge in [-0.3, -0.25) is 0 Å². The lowest BCUT2D eigenvalue weighted by Gasteiger charge is -2.19. The SMILES string of the molecule is CCNC(c1cccs1)c1c(Cl)cccc1Cl. The smallest absolute Gasteiger partial charge is 0.0700 e. The molecule has 0 aliphatic rings. The maximum atomic E-state index is 6.26. The van der Waals surface area contributed by atoms with Crippen LogP contribution in [0.25, 0.3) is 0 Å². The van der Waals surface area contributed by atoms with Crippen LogP contribution < -0.4 is 5.32 Å². The quantitative estimate of drug-likeness (QED) is 0.855. The molecule has 0 saturated heterocycles. The highest BCUT2D eigenvalue weighted by atomic mass is 35.5. The van der Waals surface area contributed by atoms with Crippen LogP contribution in [-0.4, -0.2) is 6.54 Å². The number of nitrogens with one attached hydrogen (secondary N) is 1. The molecule has 0 amide bonds. The first-order valence-corrected chi connectivity index (χ1v) is 7.08. The highest BCUT2D eigenvalue weighted by Gasteiger charge is 2.19. The summed E-state index contributed by atoms with van der Waals surface area (Å²) in [5, 5.41) is 6.90. The van der Waals surface area contributed by atoms with E-state index in [0.717, 1.165) is 12.1 Å². The monoisotopic (exact) mass is 285 g/mol. The zero-order valence-corrected chi connectivity index (χ0v) is 11.7. The van der Waals surface area contributed by atoms with Crippen molar-refractivity contribution in [2.45, 2.75) is 13.0 Å². The van der Waals surface area contributed by atoms with Crippen LogP contribution in [0.5, 0.6) is 0 Å². The molecule has 2 rings (SSSR count). The first kappa shape index (κ1) is 12.9. The van der Waals surface area contributed by atoms with Crippen molar-refractivity contribution in [1.82, 2.24) is 5.32 Å². The van der Waals surface area contributed by atoms with Crippen LogP contribution in [0.2, 0.25) is 10.0 Å². The molecule has 0 aliphatic heterocycles. The molecule has 1 heterocycles. The van der Waals surface area contributed by atoms with Gasteiger partial charge in [0.25, 0.3) is 0 Å². The van der Waals surface area contributed by atoms with E-state index in [1.54, 1.807) is 11.3 Å². The molecule has 0 fully saturated rings. The summed E-state index contributed by atoms with van der Waals surface area (Å²) >= 11 is 14.2. The summed E-state index contributed by atoms with van der Waals surface area (Å²) in [7, 11) is 0. The number of halogens is 2. The second kappa shape index (κ2) is 5.87. The van der Waals surface area contributed by atoms with Crippen molar-refractivity contribution in [3.8, 4) is 0 Å². The van der Waals surface area contributed by atoms with E-state index in [1.807, 2.05) is 24.3 Å². The van der Waals surface area contributed by atoms with Crippen molar-refractivity contribution in [3.05, 3.63) is 56.2 Å². The molecule has 17 heavy (non-hydrogen) atoms. The Balaban J connectivity index is 2.46. The fraction of sp³-hybridized carbons (Fsp3) is 0.231. The van der Waals surface area contributed by atoms with Crippen molar-refractivity contribution in [1.29, 1.82) is 0 Å². The van der Waals surface area contributed by atoms with Crippen molar-refractivity contribution in [3.63, 3.8) is 0 Å². The van der Waals surface area contributed by atoms with Gasteiger partial charge in [-0.15, -0.1) is 11.3 Å². The van der Waals surface area contributed by atoms with Crippen molar-refractivity contribution < 1.29 is 0 Å². The first-order chi connectivity index (χ1) is 8.24. The van der Waals surface area contributed by atoms with Gasteiger partial charge in [-0.05, 0) is 30.1 Å². The van der Waals surface area contributed by atoms with Crippen molar-refractivity contribution in [2.24, 2.45) is 0 Å². The van der Waals surface area contributed by atoms with Crippen LogP contribution in [0, 0.1) is 0 Å². The number of thiophene rings is 1. The minimum atomic E-state index is 0.0706. The van der Waals surface area contributed by atoms with Crippen LogP contribution in [0.4, 0.5) is 0 Å². The Hall–Kier alpha value is -0.540. The van der Waals surface area contributed by atoms with E-state index in [1.165, 1.54) is 4.88 Å². The van der Waals surface area contributed by atoms with E-state index in [9.17, 15) is 0 Å². The molecule has 90 valence electrons. The molecule has 1 aromatic carbocycles. The molecule has 0 aliphatic carbocycles. The lowest BCUT2D eigenvalue weighted by atomic mass is 10.1. The van der Waals surface area contributed by atoms with Gasteiger partial charge in [-0.1, -0.05) is 42.3 Å². The molecule has 4 heteroatoms. The zero-order chi connectivity index (χ0) is 12.3. The summed E-state index contributed by atoms with van der Waals surface area (Å²) < 4.78 is 0. The Morgan fingerprint density at radius 1 is 1.18 bits per heavy atom. The summed E-state index contributed by atoms with van der Waals surface area (Å²) in [5.41, 5.74) is 0.958. The molecule has 1 unspecified atom stereocenters. The minimum absolute atomic E-state index is 0.0706. The molecule has 1 N–H and O–H groups in total. The molecule has 0 bridgehead atoms. The highest BCUT2D eigenvalue weighted by Crippen LogP contribution is 2.35. The third kappa shape index (κ3) is 2.83. The normalized spacial score (nSPS) is 12.6. The van der Waals surface area contributed by atoms with Gasteiger partial charge in [0.1, 0.15) is 0 Å². The molecule has 2 aromatic rings. The largest absolute Gasteiger partial charge is 0.306 e. The fourth-order valence-corrected chi connectivity index (χ4v) is 3.22. The highest BCUT2D eigenvalue weighted by molar-refractivity contribution is 7.10. The van der Waals surface area contributed by atoms with E-state index in [4.69, 9.17) is 23.2 Å². The minimum Gasteiger partial charge on any atom is -0.306 e. The van der Waals surface area contributed by atoms with Crippen molar-refractivity contribution in [2.75, 3.05) is 6.54 Å². The Bertz CT molecular complexity index is 462. The fourth-order valence-electron chi connectivity index (χ4n) is 1.79. The second-order valence-electron chi connectivity index (χ2n) is 3.64. The predicted molar refractivity (Wildman–Crippen MR) is 76.3 cm³/mol. The van der Waals surface area contributed by atoms with Crippen LogP contribution in [-0.2, 0) is 0 Å². The Labute approximate surface area is 115 Å². The van der Waals surface area contributed by atoms with Gasteiger partial charge in [0.15, 0.2) is 0 Å². The van der Waals surface area contributed by atoms with Crippen LogP contribution in [0.15, 0.2) is 35.7 Å². The van der Waals surface area contributed by atoms with Crippen LogP contribution in [0.3, 0.4) is 0 Å². The molecule has 1 atom stereocenters. The molecular formula is C13H13Cl2NS. The van der Waals surface area contributed by atoms with E-state index < -0.39 is 0 Å². The van der Waals surface area contributed by atoms with Gasteiger partial charge in [0.2, 0.25) is 0 Å². The first-order valence-electron chi connectivity index (χ1n) is 5.44. The Kier molecular flexibility index (Phi) is 4.46. The maximum absolute atomic E-state index is 6.26. The van der Waals surface area contributed by atoms with E-state index in [0.29, 0.717) is 10.0 Å². The van der Waals surface area contributed by atoms with Crippen molar-refractivity contribution >= 4 is 34.5 Å². The third-order valence-electron chi connectivity index (χ3n) is 2.52. The Morgan fingerprint density at radius 3 is 2.41 bits per heavy atom. The molecule has 1 nitrogen and oxygen atoms in total. The van der Waals surface area contributed by atoms with Gasteiger partial charge in [0, 0.05) is 20.5 Å². The Morgan fingerprint density at radius 2 is 1.88 bits per heavy atom. The average Bonchev–Trinajstić information content (AvgIpc) is 2.80. The summed E-state index contributed by atoms with van der Waals surface area (Å²) in [5.74, 6) is 0. The third-order valence-corrected chi connectivity index (χ3v) is 4.12. The van der Waals surface area contributed by atoms with E-state index in [-0.39, 0.29) is 6.04 Å². The molecule has 0 radical (unpaired) electrons. The number of hydrogen-bond acceptors (Lipinski definition) is 2. The van der Waals surface area contributed by atoms with Gasteiger partial charge in [0.05, 0.1) is 6.04 Å². The van der Waals surface area contributed by atoms with Gasteiger partial charge < -0.3 is 5.32 Å². The average molecular weight is 286 g/mol. The summed E-state index contributed by atoms with van der Waals surface area (Å²) in [6.07, 6.45) is 0. The van der Waals surface area contributed by atoms with Crippen LogP contribution >= 0.6 is 34.5 Å². The number of benzene rings is 1. The molecule has 1 aromatic heterocycles. The van der Waals surface area contributed by atoms with E-state index in [2.05, 4.69) is 23.7 Å². The standard InChI is InChI=1S/C13H13Cl2NS/c1-2-16-13(11-7-4-8-17-11)12-9(14)5-3-6-10(12)15/h3-8,13,16H,2H2,1H3. The van der Waals surface area contributed by atoms with E-state index >= 15 is 0 Å². The molecule has 0 saturated carbocycles. The lowest BCUT2D eigenvalue weighted by Crippen LogP contribution is -2.21. The molecule has 0 spiro atoms. The number of hydrogen-bond donors (Lipinski definition) is 1. The summed E-state index contributed by atoms with van der Waals surface area (Å²) in [6, 6.07) is 9.82. The summed E-state index contributed by atoms with van der Waals surface area (Å²) in [4.78, 5) is 1.22. The molecular weight excluding hydrogens is 273 g/mol. The van der Waals surface area contributed by atoms with Crippen LogP contribution in [0.1, 0.15) is 23.4 Å². The van der Waals surface area contributed by atoms with Gasteiger partial charge in [-0.25, -0.2) is 0 Å². The zero-order valence-electron chi connectivity index (χ0n) is 9.41. The number of rotatable bonds is 4. The summed E-state index contributed by atoms with van der Waals surface area (Å²) in [6.45, 7) is 2.94. The predicted octanol–water partition coefficient (Wildman–Crippen LogP) is 4.75. The second-order valence-corrected chi connectivity index (χ2v) is 5.44. The maximum Gasteiger partial charge on any atom is 0.0700 e. The van der Waals surface area contributed by atoms with Gasteiger partial charge in [-0.2, -0.15) is 0 Å². The van der Waals surface area contributed by atoms with Gasteiger partial charge >= 0.3 is 0 Å². The topological polar surface area (TPSA) is 12.0 Å². The lowest BCUT2D eigenvalue weighted by molar-refractivity contribution is 0.640.